The zero-order valence-corrected chi connectivity index (χ0v) is 8.65. The zero-order chi connectivity index (χ0) is 10.1. The van der Waals surface area contributed by atoms with E-state index >= 15 is 0 Å². The molecule has 0 saturated carbocycles. The highest BCUT2D eigenvalue weighted by Gasteiger charge is 2.12. The maximum atomic E-state index is 12.8. The molecule has 0 saturated heterocycles. The number of ether oxygens (including phenoxy) is 1. The van der Waals surface area contributed by atoms with E-state index in [4.69, 9.17) is 16.3 Å². The summed E-state index contributed by atoms with van der Waals surface area (Å²) in [5.41, 5.74) is -0.336. The molecule has 0 radical (unpaired) electrons. The van der Waals surface area contributed by atoms with Crippen LogP contribution in [0.4, 0.5) is 4.39 Å². The highest BCUT2D eigenvalue weighted by molar-refractivity contribution is 6.30. The predicted molar refractivity (Wildman–Crippen MR) is 51.8 cm³/mol. The van der Waals surface area contributed by atoms with Crippen molar-refractivity contribution in [1.82, 2.24) is 0 Å². The van der Waals surface area contributed by atoms with Crippen LogP contribution >= 0.6 is 11.6 Å². The third-order valence-electron chi connectivity index (χ3n) is 1.26. The summed E-state index contributed by atoms with van der Waals surface area (Å²) < 4.78 is 18.3. The Hall–Kier alpha value is -0.760. The number of rotatable bonds is 1. The molecule has 1 nitrogen and oxygen atoms in total. The van der Waals surface area contributed by atoms with Crippen LogP contribution in [0, 0.1) is 5.82 Å². The van der Waals surface area contributed by atoms with Crippen LogP contribution in [-0.2, 0) is 0 Å². The van der Waals surface area contributed by atoms with Crippen LogP contribution in [-0.4, -0.2) is 5.60 Å². The summed E-state index contributed by atoms with van der Waals surface area (Å²) >= 11 is 5.66. The lowest BCUT2D eigenvalue weighted by molar-refractivity contribution is 0.130. The molecule has 1 aromatic rings. The Balaban J connectivity index is 2.90. The van der Waals surface area contributed by atoms with Crippen molar-refractivity contribution in [2.24, 2.45) is 0 Å². The molecule has 1 rings (SSSR count). The Labute approximate surface area is 82.5 Å². The molecule has 13 heavy (non-hydrogen) atoms. The molecule has 0 N–H and O–H groups in total. The Morgan fingerprint density at radius 1 is 1.23 bits per heavy atom. The van der Waals surface area contributed by atoms with Crippen LogP contribution in [0.5, 0.6) is 5.75 Å². The molecule has 0 aliphatic heterocycles. The zero-order valence-electron chi connectivity index (χ0n) is 7.90. The molecule has 0 spiro atoms. The topological polar surface area (TPSA) is 9.23 Å². The van der Waals surface area contributed by atoms with Crippen molar-refractivity contribution in [3.8, 4) is 5.75 Å². The van der Waals surface area contributed by atoms with Crippen molar-refractivity contribution in [3.63, 3.8) is 0 Å². The number of hydrogen-bond donors (Lipinski definition) is 0. The van der Waals surface area contributed by atoms with E-state index in [1.807, 2.05) is 20.8 Å². The van der Waals surface area contributed by atoms with Gasteiger partial charge in [-0.05, 0) is 32.9 Å². The van der Waals surface area contributed by atoms with Crippen LogP contribution in [0.2, 0.25) is 5.02 Å². The van der Waals surface area contributed by atoms with Gasteiger partial charge in [-0.25, -0.2) is 4.39 Å². The van der Waals surface area contributed by atoms with Crippen molar-refractivity contribution in [2.45, 2.75) is 26.4 Å². The first-order valence-corrected chi connectivity index (χ1v) is 4.40. The Morgan fingerprint density at radius 2 is 1.85 bits per heavy atom. The molecule has 0 fully saturated rings. The third-order valence-corrected chi connectivity index (χ3v) is 1.48. The van der Waals surface area contributed by atoms with Crippen molar-refractivity contribution >= 4 is 11.6 Å². The lowest BCUT2D eigenvalue weighted by Crippen LogP contribution is -2.22. The first kappa shape index (κ1) is 10.3. The van der Waals surface area contributed by atoms with Crippen LogP contribution in [0.1, 0.15) is 20.8 Å². The second kappa shape index (κ2) is 3.54. The van der Waals surface area contributed by atoms with E-state index in [9.17, 15) is 4.39 Å². The first-order valence-electron chi connectivity index (χ1n) is 4.02. The predicted octanol–water partition coefficient (Wildman–Crippen LogP) is 3.66. The second-order valence-corrected chi connectivity index (χ2v) is 4.26. The van der Waals surface area contributed by atoms with Crippen molar-refractivity contribution < 1.29 is 9.13 Å². The molecule has 0 aliphatic carbocycles. The summed E-state index contributed by atoms with van der Waals surface area (Å²) in [6.45, 7) is 5.68. The van der Waals surface area contributed by atoms with Gasteiger partial charge in [-0.15, -0.1) is 0 Å². The van der Waals surface area contributed by atoms with Gasteiger partial charge in [0, 0.05) is 11.1 Å². The van der Waals surface area contributed by atoms with E-state index in [0.717, 1.165) is 0 Å². The van der Waals surface area contributed by atoms with Gasteiger partial charge in [0.25, 0.3) is 0 Å². The fourth-order valence-corrected chi connectivity index (χ4v) is 1.15. The minimum absolute atomic E-state index is 0.336. The standard InChI is InChI=1S/C10H12ClFO/c1-10(2,3)13-9-5-7(11)4-8(12)6-9/h4-6H,1-3H3. The molecule has 0 heterocycles. The van der Waals surface area contributed by atoms with E-state index in [1.54, 1.807) is 6.07 Å². The van der Waals surface area contributed by atoms with Crippen LogP contribution in [0.25, 0.3) is 0 Å². The van der Waals surface area contributed by atoms with E-state index in [2.05, 4.69) is 0 Å². The van der Waals surface area contributed by atoms with Gasteiger partial charge < -0.3 is 4.74 Å². The van der Waals surface area contributed by atoms with E-state index in [1.165, 1.54) is 12.1 Å². The monoisotopic (exact) mass is 202 g/mol. The van der Waals surface area contributed by atoms with Crippen molar-refractivity contribution in [2.75, 3.05) is 0 Å². The number of halogens is 2. The normalized spacial score (nSPS) is 11.5. The molecular weight excluding hydrogens is 191 g/mol. The Morgan fingerprint density at radius 3 is 2.31 bits per heavy atom. The molecule has 0 aliphatic rings. The SMILES string of the molecule is CC(C)(C)Oc1cc(F)cc(Cl)c1. The average Bonchev–Trinajstić information content (AvgIpc) is 1.78. The first-order chi connectivity index (χ1) is 5.87. The molecule has 1 aromatic carbocycles. The fraction of sp³-hybridized carbons (Fsp3) is 0.400. The van der Waals surface area contributed by atoms with Gasteiger partial charge in [-0.1, -0.05) is 11.6 Å². The van der Waals surface area contributed by atoms with Gasteiger partial charge in [0.05, 0.1) is 0 Å². The molecule has 0 unspecified atom stereocenters. The highest BCUT2D eigenvalue weighted by atomic mass is 35.5. The van der Waals surface area contributed by atoms with Gasteiger partial charge in [0.2, 0.25) is 0 Å². The van der Waals surface area contributed by atoms with Crippen molar-refractivity contribution in [3.05, 3.63) is 29.0 Å². The summed E-state index contributed by atoms with van der Waals surface area (Å²) in [5, 5.41) is 0.347. The molecule has 72 valence electrons. The third kappa shape index (κ3) is 3.64. The van der Waals surface area contributed by atoms with Crippen LogP contribution < -0.4 is 4.74 Å². The fourth-order valence-electron chi connectivity index (χ4n) is 0.941. The summed E-state index contributed by atoms with van der Waals surface area (Å²) in [6, 6.07) is 4.16. The summed E-state index contributed by atoms with van der Waals surface area (Å²) in [6.07, 6.45) is 0. The number of benzene rings is 1. The highest BCUT2D eigenvalue weighted by Crippen LogP contribution is 2.23. The lowest BCUT2D eigenvalue weighted by Gasteiger charge is -2.21. The van der Waals surface area contributed by atoms with Gasteiger partial charge in [0.1, 0.15) is 17.2 Å². The van der Waals surface area contributed by atoms with Gasteiger partial charge in [0.15, 0.2) is 0 Å². The van der Waals surface area contributed by atoms with Crippen LogP contribution in [0.3, 0.4) is 0 Å². The van der Waals surface area contributed by atoms with E-state index < -0.39 is 0 Å². The Bertz CT molecular complexity index is 284. The van der Waals surface area contributed by atoms with Gasteiger partial charge in [-0.2, -0.15) is 0 Å². The average molecular weight is 203 g/mol. The molecule has 0 atom stereocenters. The lowest BCUT2D eigenvalue weighted by atomic mass is 10.2. The Kier molecular flexibility index (Phi) is 2.81. The van der Waals surface area contributed by atoms with E-state index in [-0.39, 0.29) is 11.4 Å². The maximum Gasteiger partial charge on any atom is 0.128 e. The summed E-state index contributed by atoms with van der Waals surface area (Å²) in [4.78, 5) is 0. The van der Waals surface area contributed by atoms with E-state index in [0.29, 0.717) is 10.8 Å². The maximum absolute atomic E-state index is 12.8. The number of hydrogen-bond acceptors (Lipinski definition) is 1. The molecule has 3 heteroatoms. The smallest absolute Gasteiger partial charge is 0.128 e. The molecule has 0 amide bonds. The minimum Gasteiger partial charge on any atom is -0.488 e. The second-order valence-electron chi connectivity index (χ2n) is 3.82. The molecule has 0 bridgehead atoms. The molecular formula is C10H12ClFO. The summed E-state index contributed by atoms with van der Waals surface area (Å²) in [7, 11) is 0. The van der Waals surface area contributed by atoms with Crippen molar-refractivity contribution in [1.29, 1.82) is 0 Å². The molecule has 0 aromatic heterocycles. The van der Waals surface area contributed by atoms with Gasteiger partial charge in [-0.3, -0.25) is 0 Å². The largest absolute Gasteiger partial charge is 0.488 e. The summed E-state index contributed by atoms with van der Waals surface area (Å²) in [5.74, 6) is 0.0734. The quantitative estimate of drug-likeness (QED) is 0.676. The van der Waals surface area contributed by atoms with Crippen LogP contribution in [0.15, 0.2) is 18.2 Å². The van der Waals surface area contributed by atoms with Gasteiger partial charge >= 0.3 is 0 Å². The minimum atomic E-state index is -0.383.